The Morgan fingerprint density at radius 2 is 1.79 bits per heavy atom. The van der Waals surface area contributed by atoms with Crippen LogP contribution in [0.3, 0.4) is 0 Å². The first-order chi connectivity index (χ1) is 15.9. The number of para-hydroxylation sites is 1. The normalized spacial score (nSPS) is 14.7. The summed E-state index contributed by atoms with van der Waals surface area (Å²) in [7, 11) is 0. The standard InChI is InChI=1S/C26H33N5O2.ClH/c1-18(2)31-23-10-9-19(3)15-22(23)25(29-31)26(33)27-16-20-11-13-30(14-12-20)17-24(32)28-21-7-5-4-6-8-21;/h4-10,15,18,20H,11-14,16-17H2,1-3H3,(H,27,33)(H,28,32);1H. The number of halogens is 1. The van der Waals surface area contributed by atoms with E-state index < -0.39 is 0 Å². The number of rotatable bonds is 7. The maximum absolute atomic E-state index is 13.0. The van der Waals surface area contributed by atoms with Gasteiger partial charge in [-0.15, -0.1) is 12.4 Å². The minimum absolute atomic E-state index is 0. The smallest absolute Gasteiger partial charge is 0.272 e. The first kappa shape index (κ1) is 25.7. The number of carbonyl (C=O) groups is 2. The second kappa shape index (κ2) is 11.5. The fraction of sp³-hybridized carbons (Fsp3) is 0.423. The van der Waals surface area contributed by atoms with Crippen LogP contribution in [0.4, 0.5) is 5.69 Å². The Bertz CT molecular complexity index is 1120. The molecule has 2 aromatic carbocycles. The molecule has 2 heterocycles. The van der Waals surface area contributed by atoms with Crippen molar-refractivity contribution in [1.29, 1.82) is 0 Å². The van der Waals surface area contributed by atoms with Crippen LogP contribution < -0.4 is 10.6 Å². The van der Waals surface area contributed by atoms with Gasteiger partial charge < -0.3 is 10.6 Å². The second-order valence-corrected chi connectivity index (χ2v) is 9.25. The predicted molar refractivity (Wildman–Crippen MR) is 139 cm³/mol. The topological polar surface area (TPSA) is 79.3 Å². The highest BCUT2D eigenvalue weighted by Crippen LogP contribution is 2.23. The fourth-order valence-electron chi connectivity index (χ4n) is 4.41. The number of likely N-dealkylation sites (tertiary alicyclic amines) is 1. The number of piperidine rings is 1. The summed E-state index contributed by atoms with van der Waals surface area (Å²) >= 11 is 0. The van der Waals surface area contributed by atoms with Gasteiger partial charge in [0.15, 0.2) is 5.69 Å². The summed E-state index contributed by atoms with van der Waals surface area (Å²) in [5.74, 6) is 0.299. The molecule has 182 valence electrons. The average Bonchev–Trinajstić information content (AvgIpc) is 3.18. The second-order valence-electron chi connectivity index (χ2n) is 9.25. The zero-order valence-corrected chi connectivity index (χ0v) is 20.9. The maximum atomic E-state index is 13.0. The molecule has 8 heteroatoms. The van der Waals surface area contributed by atoms with Gasteiger partial charge in [-0.3, -0.25) is 19.2 Å². The third-order valence-corrected chi connectivity index (χ3v) is 6.25. The molecule has 2 amide bonds. The van der Waals surface area contributed by atoms with Crippen LogP contribution >= 0.6 is 12.4 Å². The molecule has 0 unspecified atom stereocenters. The highest BCUT2D eigenvalue weighted by molar-refractivity contribution is 6.05. The lowest BCUT2D eigenvalue weighted by molar-refractivity contribution is -0.117. The molecule has 0 spiro atoms. The summed E-state index contributed by atoms with van der Waals surface area (Å²) in [6.07, 6.45) is 1.92. The summed E-state index contributed by atoms with van der Waals surface area (Å²) in [5.41, 5.74) is 3.42. The number of hydrogen-bond acceptors (Lipinski definition) is 4. The molecule has 0 atom stereocenters. The quantitative estimate of drug-likeness (QED) is 0.521. The Morgan fingerprint density at radius 3 is 2.47 bits per heavy atom. The lowest BCUT2D eigenvalue weighted by atomic mass is 9.96. The van der Waals surface area contributed by atoms with E-state index in [1.807, 2.05) is 54.1 Å². The fourth-order valence-corrected chi connectivity index (χ4v) is 4.41. The van der Waals surface area contributed by atoms with Crippen LogP contribution in [0.5, 0.6) is 0 Å². The van der Waals surface area contributed by atoms with E-state index in [0.717, 1.165) is 48.1 Å². The molecule has 0 saturated carbocycles. The van der Waals surface area contributed by atoms with Crippen LogP contribution in [0.2, 0.25) is 0 Å². The van der Waals surface area contributed by atoms with Crippen LogP contribution in [0.25, 0.3) is 10.9 Å². The van der Waals surface area contributed by atoms with Crippen LogP contribution in [0.1, 0.15) is 48.8 Å². The zero-order valence-electron chi connectivity index (χ0n) is 20.1. The Labute approximate surface area is 207 Å². The number of aryl methyl sites for hydroxylation is 1. The summed E-state index contributed by atoms with van der Waals surface area (Å²) in [6, 6.07) is 15.8. The minimum Gasteiger partial charge on any atom is -0.350 e. The lowest BCUT2D eigenvalue weighted by Crippen LogP contribution is -2.42. The number of aromatic nitrogens is 2. The number of fused-ring (bicyclic) bond motifs is 1. The van der Waals surface area contributed by atoms with E-state index >= 15 is 0 Å². The van der Waals surface area contributed by atoms with Gasteiger partial charge in [0.05, 0.1) is 12.1 Å². The summed E-state index contributed by atoms with van der Waals surface area (Å²) in [5, 5.41) is 11.6. The SMILES string of the molecule is Cc1ccc2c(c1)c(C(=O)NCC1CCN(CC(=O)Nc3ccccc3)CC1)nn2C(C)C.Cl. The molecule has 0 aliphatic carbocycles. The summed E-state index contributed by atoms with van der Waals surface area (Å²) in [6.45, 7) is 8.90. The molecular weight excluding hydrogens is 450 g/mol. The first-order valence-electron chi connectivity index (χ1n) is 11.7. The predicted octanol–water partition coefficient (Wildman–Crippen LogP) is 4.43. The summed E-state index contributed by atoms with van der Waals surface area (Å²) < 4.78 is 1.92. The van der Waals surface area contributed by atoms with Gasteiger partial charge in [-0.05, 0) is 76.9 Å². The lowest BCUT2D eigenvalue weighted by Gasteiger charge is -2.31. The highest BCUT2D eigenvalue weighted by atomic mass is 35.5. The molecule has 2 N–H and O–H groups in total. The number of carbonyl (C=O) groups excluding carboxylic acids is 2. The van der Waals surface area contributed by atoms with E-state index in [1.165, 1.54) is 0 Å². The van der Waals surface area contributed by atoms with E-state index in [1.54, 1.807) is 0 Å². The van der Waals surface area contributed by atoms with E-state index in [0.29, 0.717) is 24.7 Å². The van der Waals surface area contributed by atoms with Gasteiger partial charge in [0.2, 0.25) is 5.91 Å². The first-order valence-corrected chi connectivity index (χ1v) is 11.7. The van der Waals surface area contributed by atoms with Crippen LogP contribution in [0.15, 0.2) is 48.5 Å². The zero-order chi connectivity index (χ0) is 23.4. The van der Waals surface area contributed by atoms with Crippen molar-refractivity contribution >= 4 is 40.8 Å². The van der Waals surface area contributed by atoms with E-state index in [-0.39, 0.29) is 30.3 Å². The van der Waals surface area contributed by atoms with Gasteiger partial charge in [0.25, 0.3) is 5.91 Å². The van der Waals surface area contributed by atoms with Crippen molar-refractivity contribution in [3.8, 4) is 0 Å². The molecule has 1 fully saturated rings. The molecule has 1 aliphatic rings. The van der Waals surface area contributed by atoms with Gasteiger partial charge in [0, 0.05) is 23.7 Å². The molecule has 34 heavy (non-hydrogen) atoms. The van der Waals surface area contributed by atoms with Crippen molar-refractivity contribution in [3.63, 3.8) is 0 Å². The van der Waals surface area contributed by atoms with Crippen LogP contribution in [0, 0.1) is 12.8 Å². The number of nitrogens with zero attached hydrogens (tertiary/aromatic N) is 3. The molecule has 4 rings (SSSR count). The molecule has 0 bridgehead atoms. The van der Waals surface area contributed by atoms with Crippen LogP contribution in [-0.2, 0) is 4.79 Å². The van der Waals surface area contributed by atoms with Crippen molar-refractivity contribution in [2.75, 3.05) is 31.5 Å². The summed E-state index contributed by atoms with van der Waals surface area (Å²) in [4.78, 5) is 27.5. The Hall–Kier alpha value is -2.90. The average molecular weight is 484 g/mol. The molecule has 3 aromatic rings. The Morgan fingerprint density at radius 1 is 1.09 bits per heavy atom. The van der Waals surface area contributed by atoms with E-state index in [4.69, 9.17) is 0 Å². The van der Waals surface area contributed by atoms with E-state index in [9.17, 15) is 9.59 Å². The Balaban J connectivity index is 0.00000324. The highest BCUT2D eigenvalue weighted by Gasteiger charge is 2.23. The van der Waals surface area contributed by atoms with Gasteiger partial charge in [-0.2, -0.15) is 5.10 Å². The number of anilines is 1. The van der Waals surface area contributed by atoms with Crippen molar-refractivity contribution in [2.45, 2.75) is 39.7 Å². The molecule has 1 aromatic heterocycles. The molecule has 7 nitrogen and oxygen atoms in total. The van der Waals surface area contributed by atoms with Crippen molar-refractivity contribution < 1.29 is 9.59 Å². The third-order valence-electron chi connectivity index (χ3n) is 6.25. The molecule has 1 aliphatic heterocycles. The number of benzene rings is 2. The molecule has 0 radical (unpaired) electrons. The number of amides is 2. The number of nitrogens with one attached hydrogen (secondary N) is 2. The van der Waals surface area contributed by atoms with Crippen molar-refractivity contribution in [2.24, 2.45) is 5.92 Å². The van der Waals surface area contributed by atoms with Gasteiger partial charge in [-0.1, -0.05) is 29.8 Å². The van der Waals surface area contributed by atoms with E-state index in [2.05, 4.69) is 40.5 Å². The van der Waals surface area contributed by atoms with Gasteiger partial charge >= 0.3 is 0 Å². The van der Waals surface area contributed by atoms with Gasteiger partial charge in [-0.25, -0.2) is 0 Å². The Kier molecular flexibility index (Phi) is 8.69. The maximum Gasteiger partial charge on any atom is 0.272 e. The minimum atomic E-state index is -0.116. The van der Waals surface area contributed by atoms with Crippen molar-refractivity contribution in [3.05, 3.63) is 59.8 Å². The van der Waals surface area contributed by atoms with Crippen molar-refractivity contribution in [1.82, 2.24) is 20.0 Å². The molecular formula is C26H34ClN5O2. The third kappa shape index (κ3) is 6.15. The van der Waals surface area contributed by atoms with Gasteiger partial charge in [0.1, 0.15) is 0 Å². The number of hydrogen-bond donors (Lipinski definition) is 2. The largest absolute Gasteiger partial charge is 0.350 e. The monoisotopic (exact) mass is 483 g/mol. The molecule has 1 saturated heterocycles. The van der Waals surface area contributed by atoms with Crippen LogP contribution in [-0.4, -0.2) is 52.7 Å².